The maximum absolute atomic E-state index is 12.4. The minimum atomic E-state index is -0.0706. The average Bonchev–Trinajstić information content (AvgIpc) is 2.65. The monoisotopic (exact) mass is 369 g/mol. The normalized spacial score (nSPS) is 10.8. The van der Waals surface area contributed by atoms with Gasteiger partial charge in [0.15, 0.2) is 0 Å². The van der Waals surface area contributed by atoms with Crippen LogP contribution in [0.1, 0.15) is 18.4 Å². The Bertz CT molecular complexity index is 951. The summed E-state index contributed by atoms with van der Waals surface area (Å²) in [7, 11) is 0. The summed E-state index contributed by atoms with van der Waals surface area (Å²) in [6.45, 7) is 1.05. The van der Waals surface area contributed by atoms with E-state index in [9.17, 15) is 9.59 Å². The number of nitrogens with zero attached hydrogens (tertiary/aromatic N) is 2. The first kappa shape index (κ1) is 18.1. The molecule has 0 spiro atoms. The number of nitrogens with one attached hydrogen (secondary N) is 1. The van der Waals surface area contributed by atoms with E-state index in [4.69, 9.17) is 11.6 Å². The molecule has 1 N–H and O–H groups in total. The number of carbonyl (C=O) groups is 1. The molecular formula is C20H20ClN3O2. The van der Waals surface area contributed by atoms with Crippen LogP contribution in [0.15, 0.2) is 59.7 Å². The van der Waals surface area contributed by atoms with Gasteiger partial charge < -0.3 is 5.32 Å². The Labute approximate surface area is 156 Å². The van der Waals surface area contributed by atoms with Gasteiger partial charge in [-0.25, -0.2) is 4.98 Å². The van der Waals surface area contributed by atoms with Gasteiger partial charge in [-0.1, -0.05) is 35.9 Å². The van der Waals surface area contributed by atoms with E-state index in [0.29, 0.717) is 41.9 Å². The van der Waals surface area contributed by atoms with Crippen molar-refractivity contribution < 1.29 is 4.79 Å². The Morgan fingerprint density at radius 1 is 1.12 bits per heavy atom. The largest absolute Gasteiger partial charge is 0.356 e. The van der Waals surface area contributed by atoms with Gasteiger partial charge in [-0.2, -0.15) is 0 Å². The van der Waals surface area contributed by atoms with E-state index in [1.54, 1.807) is 17.0 Å². The van der Waals surface area contributed by atoms with Gasteiger partial charge >= 0.3 is 0 Å². The standard InChI is InChI=1S/C20H20ClN3O2/c21-16-9-7-15(8-10-16)11-12-22-19(25)6-3-13-24-14-23-18-5-2-1-4-17(18)20(24)26/h1-2,4-5,7-10,14H,3,6,11-13H2,(H,22,25). The van der Waals surface area contributed by atoms with Gasteiger partial charge in [0.2, 0.25) is 5.91 Å². The second-order valence-electron chi connectivity index (χ2n) is 6.09. The Balaban J connectivity index is 1.44. The van der Waals surface area contributed by atoms with Crippen LogP contribution >= 0.6 is 11.6 Å². The maximum Gasteiger partial charge on any atom is 0.261 e. The second-order valence-corrected chi connectivity index (χ2v) is 6.53. The molecule has 26 heavy (non-hydrogen) atoms. The Kier molecular flexibility index (Phi) is 6.02. The summed E-state index contributed by atoms with van der Waals surface area (Å²) >= 11 is 5.85. The van der Waals surface area contributed by atoms with Crippen molar-refractivity contribution in [1.29, 1.82) is 0 Å². The number of rotatable bonds is 7. The number of benzene rings is 2. The lowest BCUT2D eigenvalue weighted by Gasteiger charge is -2.08. The summed E-state index contributed by atoms with van der Waals surface area (Å²) in [4.78, 5) is 28.6. The molecule has 3 rings (SSSR count). The SMILES string of the molecule is O=C(CCCn1cnc2ccccc2c1=O)NCCc1ccc(Cl)cc1. The summed E-state index contributed by atoms with van der Waals surface area (Å²) in [5, 5.41) is 4.21. The van der Waals surface area contributed by atoms with Crippen LogP contribution in [0.5, 0.6) is 0 Å². The molecule has 3 aromatic rings. The minimum absolute atomic E-state index is 0.0132. The lowest BCUT2D eigenvalue weighted by molar-refractivity contribution is -0.121. The summed E-state index contributed by atoms with van der Waals surface area (Å²) < 4.78 is 1.56. The number of fused-ring (bicyclic) bond motifs is 1. The van der Waals surface area contributed by atoms with E-state index in [1.165, 1.54) is 0 Å². The van der Waals surface area contributed by atoms with Gasteiger partial charge in [-0.05, 0) is 42.7 Å². The Morgan fingerprint density at radius 3 is 2.69 bits per heavy atom. The molecule has 0 aliphatic carbocycles. The van der Waals surface area contributed by atoms with Crippen LogP contribution in [0.3, 0.4) is 0 Å². The highest BCUT2D eigenvalue weighted by Crippen LogP contribution is 2.09. The third kappa shape index (κ3) is 4.70. The quantitative estimate of drug-likeness (QED) is 0.695. The van der Waals surface area contributed by atoms with Crippen molar-refractivity contribution in [2.45, 2.75) is 25.8 Å². The predicted molar refractivity (Wildman–Crippen MR) is 103 cm³/mol. The molecule has 0 saturated carbocycles. The Morgan fingerprint density at radius 2 is 1.88 bits per heavy atom. The average molecular weight is 370 g/mol. The molecule has 1 aromatic heterocycles. The molecule has 0 fully saturated rings. The number of aryl methyl sites for hydroxylation is 1. The zero-order valence-electron chi connectivity index (χ0n) is 14.3. The number of para-hydroxylation sites is 1. The molecule has 0 aliphatic heterocycles. The molecule has 1 heterocycles. The van der Waals surface area contributed by atoms with E-state index in [1.807, 2.05) is 42.5 Å². The molecule has 2 aromatic carbocycles. The maximum atomic E-state index is 12.4. The number of amides is 1. The first-order chi connectivity index (χ1) is 12.6. The Hall–Kier alpha value is -2.66. The number of aromatic nitrogens is 2. The minimum Gasteiger partial charge on any atom is -0.356 e. The van der Waals surface area contributed by atoms with Crippen LogP contribution in [0, 0.1) is 0 Å². The van der Waals surface area contributed by atoms with Crippen LogP contribution in [0.2, 0.25) is 5.02 Å². The number of hydrogen-bond donors (Lipinski definition) is 1. The molecule has 0 unspecified atom stereocenters. The van der Waals surface area contributed by atoms with Crippen molar-refractivity contribution >= 4 is 28.4 Å². The highest BCUT2D eigenvalue weighted by Gasteiger charge is 2.05. The van der Waals surface area contributed by atoms with Gasteiger partial charge in [0.1, 0.15) is 0 Å². The first-order valence-electron chi connectivity index (χ1n) is 8.59. The van der Waals surface area contributed by atoms with Crippen LogP contribution in [-0.4, -0.2) is 22.0 Å². The van der Waals surface area contributed by atoms with Crippen LogP contribution in [-0.2, 0) is 17.8 Å². The molecule has 0 radical (unpaired) electrons. The molecule has 5 nitrogen and oxygen atoms in total. The molecule has 0 atom stereocenters. The fourth-order valence-electron chi connectivity index (χ4n) is 2.76. The smallest absolute Gasteiger partial charge is 0.261 e. The first-order valence-corrected chi connectivity index (χ1v) is 8.96. The van der Waals surface area contributed by atoms with Crippen molar-refractivity contribution in [2.75, 3.05) is 6.54 Å². The highest BCUT2D eigenvalue weighted by molar-refractivity contribution is 6.30. The number of hydrogen-bond acceptors (Lipinski definition) is 3. The van der Waals surface area contributed by atoms with Gasteiger partial charge in [0.25, 0.3) is 5.56 Å². The van der Waals surface area contributed by atoms with E-state index in [0.717, 1.165) is 12.0 Å². The van der Waals surface area contributed by atoms with Gasteiger partial charge in [0.05, 0.1) is 17.2 Å². The fourth-order valence-corrected chi connectivity index (χ4v) is 2.89. The molecule has 0 aliphatic rings. The van der Waals surface area contributed by atoms with Gasteiger partial charge in [-0.15, -0.1) is 0 Å². The lowest BCUT2D eigenvalue weighted by atomic mass is 10.1. The summed E-state index contributed by atoms with van der Waals surface area (Å²) in [5.41, 5.74) is 1.75. The zero-order valence-corrected chi connectivity index (χ0v) is 15.1. The van der Waals surface area contributed by atoms with E-state index in [2.05, 4.69) is 10.3 Å². The summed E-state index contributed by atoms with van der Waals surface area (Å²) in [5.74, 6) is -0.0132. The summed E-state index contributed by atoms with van der Waals surface area (Å²) in [6, 6.07) is 14.8. The van der Waals surface area contributed by atoms with Gasteiger partial charge in [-0.3, -0.25) is 14.2 Å². The molecule has 134 valence electrons. The molecule has 0 bridgehead atoms. The predicted octanol–water partition coefficient (Wildman–Crippen LogP) is 3.19. The topological polar surface area (TPSA) is 64.0 Å². The van der Waals surface area contributed by atoms with Crippen molar-refractivity contribution in [2.24, 2.45) is 0 Å². The highest BCUT2D eigenvalue weighted by atomic mass is 35.5. The molecule has 0 saturated heterocycles. The van der Waals surface area contributed by atoms with Crippen LogP contribution < -0.4 is 10.9 Å². The molecule has 6 heteroatoms. The van der Waals surface area contributed by atoms with Crippen molar-refractivity contribution in [3.05, 3.63) is 75.8 Å². The number of halogens is 1. The van der Waals surface area contributed by atoms with Crippen molar-refractivity contribution in [1.82, 2.24) is 14.9 Å². The van der Waals surface area contributed by atoms with Crippen molar-refractivity contribution in [3.63, 3.8) is 0 Å². The van der Waals surface area contributed by atoms with E-state index >= 15 is 0 Å². The fraction of sp³-hybridized carbons (Fsp3) is 0.250. The lowest BCUT2D eigenvalue weighted by Crippen LogP contribution is -2.26. The third-order valence-corrected chi connectivity index (χ3v) is 4.44. The third-order valence-electron chi connectivity index (χ3n) is 4.18. The second kappa shape index (κ2) is 8.63. The van der Waals surface area contributed by atoms with Crippen molar-refractivity contribution in [3.8, 4) is 0 Å². The van der Waals surface area contributed by atoms with Crippen LogP contribution in [0.4, 0.5) is 0 Å². The number of carbonyl (C=O) groups excluding carboxylic acids is 1. The summed E-state index contributed by atoms with van der Waals surface area (Å²) in [6.07, 6.45) is 3.27. The zero-order chi connectivity index (χ0) is 18.4. The van der Waals surface area contributed by atoms with E-state index < -0.39 is 0 Å². The van der Waals surface area contributed by atoms with Gasteiger partial charge in [0, 0.05) is 24.5 Å². The molecular weight excluding hydrogens is 350 g/mol. The van der Waals surface area contributed by atoms with E-state index in [-0.39, 0.29) is 11.5 Å². The van der Waals surface area contributed by atoms with Crippen LogP contribution in [0.25, 0.3) is 10.9 Å². The molecule has 1 amide bonds.